The summed E-state index contributed by atoms with van der Waals surface area (Å²) >= 11 is 0. The van der Waals surface area contributed by atoms with Crippen molar-refractivity contribution >= 4 is 26.7 Å². The van der Waals surface area contributed by atoms with Crippen LogP contribution in [-0.4, -0.2) is 20.3 Å². The zero-order valence-corrected chi connectivity index (χ0v) is 13.9. The average molecular weight is 340 g/mol. The molecule has 0 spiro atoms. The molecule has 0 aliphatic carbocycles. The summed E-state index contributed by atoms with van der Waals surface area (Å²) in [6, 6.07) is 20.6. The first-order valence-corrected chi connectivity index (χ1v) is 8.90. The first-order valence-electron chi connectivity index (χ1n) is 7.49. The van der Waals surface area contributed by atoms with Crippen LogP contribution in [0.3, 0.4) is 0 Å². The second-order valence-corrected chi connectivity index (χ2v) is 6.94. The van der Waals surface area contributed by atoms with E-state index in [-0.39, 0.29) is 10.7 Å². The van der Waals surface area contributed by atoms with E-state index in [4.69, 9.17) is 4.18 Å². The highest BCUT2D eigenvalue weighted by molar-refractivity contribution is 7.87. The third kappa shape index (κ3) is 3.22. The Bertz CT molecular complexity index is 973. The molecule has 3 rings (SSSR count). The fourth-order valence-electron chi connectivity index (χ4n) is 2.54. The molecule has 0 aliphatic heterocycles. The van der Waals surface area contributed by atoms with Crippen molar-refractivity contribution in [3.05, 3.63) is 78.4 Å². The largest absolute Gasteiger partial charge is 0.298 e. The van der Waals surface area contributed by atoms with Crippen molar-refractivity contribution in [1.82, 2.24) is 0 Å². The third-order valence-corrected chi connectivity index (χ3v) is 5.15. The molecule has 122 valence electrons. The van der Waals surface area contributed by atoms with Crippen LogP contribution in [0.15, 0.2) is 77.7 Å². The summed E-state index contributed by atoms with van der Waals surface area (Å²) in [5.41, 5.74) is 0.415. The van der Waals surface area contributed by atoms with Gasteiger partial charge in [-0.05, 0) is 18.4 Å². The Kier molecular flexibility index (Phi) is 4.46. The first kappa shape index (κ1) is 16.4. The summed E-state index contributed by atoms with van der Waals surface area (Å²) in [4.78, 5) is 12.4. The topological polar surface area (TPSA) is 60.4 Å². The Morgan fingerprint density at radius 1 is 0.875 bits per heavy atom. The van der Waals surface area contributed by atoms with E-state index in [1.54, 1.807) is 48.5 Å². The molecule has 0 radical (unpaired) electrons. The van der Waals surface area contributed by atoms with E-state index in [2.05, 4.69) is 0 Å². The van der Waals surface area contributed by atoms with E-state index in [1.807, 2.05) is 18.2 Å². The fourth-order valence-corrected chi connectivity index (χ4v) is 3.81. The minimum Gasteiger partial charge on any atom is -0.291 e. The number of Topliss-reactive ketones (excluding diaryl/α,β-unsaturated/α-hetero) is 1. The van der Waals surface area contributed by atoms with E-state index >= 15 is 0 Å². The molecule has 5 heteroatoms. The normalized spacial score (nSPS) is 12.9. The van der Waals surface area contributed by atoms with Crippen LogP contribution in [-0.2, 0) is 14.3 Å². The van der Waals surface area contributed by atoms with Crippen LogP contribution in [0.25, 0.3) is 10.8 Å². The zero-order chi connectivity index (χ0) is 17.2. The molecule has 0 N–H and O–H groups in total. The molecule has 0 aliphatic rings. The second-order valence-electron chi connectivity index (χ2n) is 5.40. The molecule has 0 heterocycles. The number of carbonyl (C=O) groups excluding carboxylic acids is 1. The van der Waals surface area contributed by atoms with Gasteiger partial charge in [-0.3, -0.25) is 8.98 Å². The summed E-state index contributed by atoms with van der Waals surface area (Å²) < 4.78 is 30.4. The SMILES string of the molecule is CC(OS(=O)(=O)c1cccc2ccccc12)C(=O)c1ccccc1. The van der Waals surface area contributed by atoms with Crippen molar-refractivity contribution in [2.24, 2.45) is 0 Å². The Hall–Kier alpha value is -2.50. The lowest BCUT2D eigenvalue weighted by molar-refractivity contribution is 0.0826. The van der Waals surface area contributed by atoms with Crippen molar-refractivity contribution in [3.8, 4) is 0 Å². The number of benzene rings is 3. The Balaban J connectivity index is 1.92. The molecule has 24 heavy (non-hydrogen) atoms. The van der Waals surface area contributed by atoms with E-state index in [9.17, 15) is 13.2 Å². The Morgan fingerprint density at radius 3 is 2.25 bits per heavy atom. The molecule has 1 atom stereocenters. The lowest BCUT2D eigenvalue weighted by Crippen LogP contribution is -2.24. The molecule has 3 aromatic rings. The van der Waals surface area contributed by atoms with Gasteiger partial charge < -0.3 is 0 Å². The van der Waals surface area contributed by atoms with Gasteiger partial charge in [0.1, 0.15) is 11.0 Å². The standard InChI is InChI=1S/C19H16O4S/c1-14(19(20)16-9-3-2-4-10-16)23-24(21,22)18-13-7-11-15-8-5-6-12-17(15)18/h2-14H,1H3. The lowest BCUT2D eigenvalue weighted by Gasteiger charge is -2.13. The quantitative estimate of drug-likeness (QED) is 0.523. The van der Waals surface area contributed by atoms with E-state index in [0.717, 1.165) is 5.39 Å². The zero-order valence-electron chi connectivity index (χ0n) is 13.0. The summed E-state index contributed by atoms with van der Waals surface area (Å²) in [6.07, 6.45) is -1.10. The molecule has 0 saturated carbocycles. The summed E-state index contributed by atoms with van der Waals surface area (Å²) in [7, 11) is -4.06. The maximum absolute atomic E-state index is 12.6. The van der Waals surface area contributed by atoms with E-state index in [1.165, 1.54) is 13.0 Å². The fraction of sp³-hybridized carbons (Fsp3) is 0.105. The lowest BCUT2D eigenvalue weighted by atomic mass is 10.1. The number of carbonyl (C=O) groups is 1. The van der Waals surface area contributed by atoms with Crippen LogP contribution >= 0.6 is 0 Å². The van der Waals surface area contributed by atoms with Crippen LogP contribution in [0.4, 0.5) is 0 Å². The molecule has 4 nitrogen and oxygen atoms in total. The van der Waals surface area contributed by atoms with Crippen LogP contribution < -0.4 is 0 Å². The highest BCUT2D eigenvalue weighted by Gasteiger charge is 2.25. The number of rotatable bonds is 5. The van der Waals surface area contributed by atoms with Crippen molar-refractivity contribution in [2.45, 2.75) is 17.9 Å². The summed E-state index contributed by atoms with van der Waals surface area (Å²) in [6.45, 7) is 1.44. The number of fused-ring (bicyclic) bond motifs is 1. The number of hydrogen-bond acceptors (Lipinski definition) is 4. The molecular formula is C19H16O4S. The molecule has 0 fully saturated rings. The Morgan fingerprint density at radius 2 is 1.50 bits per heavy atom. The van der Waals surface area contributed by atoms with Crippen molar-refractivity contribution in [3.63, 3.8) is 0 Å². The minimum atomic E-state index is -4.06. The summed E-state index contributed by atoms with van der Waals surface area (Å²) in [5.74, 6) is -0.376. The Labute approximate surface area is 140 Å². The maximum Gasteiger partial charge on any atom is 0.298 e. The van der Waals surface area contributed by atoms with Gasteiger partial charge in [-0.25, -0.2) is 0 Å². The molecule has 0 amide bonds. The highest BCUT2D eigenvalue weighted by atomic mass is 32.2. The first-order chi connectivity index (χ1) is 11.5. The molecule has 0 bridgehead atoms. The second kappa shape index (κ2) is 6.55. The van der Waals surface area contributed by atoms with Gasteiger partial charge >= 0.3 is 0 Å². The molecule has 3 aromatic carbocycles. The van der Waals surface area contributed by atoms with Crippen LogP contribution in [0.2, 0.25) is 0 Å². The highest BCUT2D eigenvalue weighted by Crippen LogP contribution is 2.25. The third-order valence-electron chi connectivity index (χ3n) is 3.72. The molecule has 0 aromatic heterocycles. The minimum absolute atomic E-state index is 0.0633. The van der Waals surface area contributed by atoms with Crippen molar-refractivity contribution in [2.75, 3.05) is 0 Å². The molecular weight excluding hydrogens is 324 g/mol. The van der Waals surface area contributed by atoms with Gasteiger partial charge in [-0.15, -0.1) is 0 Å². The summed E-state index contributed by atoms with van der Waals surface area (Å²) in [5, 5.41) is 1.36. The van der Waals surface area contributed by atoms with Gasteiger partial charge in [0.05, 0.1) is 0 Å². The predicted molar refractivity (Wildman–Crippen MR) is 92.5 cm³/mol. The van der Waals surface area contributed by atoms with Crippen LogP contribution in [0, 0.1) is 0 Å². The van der Waals surface area contributed by atoms with Gasteiger partial charge in [0.2, 0.25) is 0 Å². The van der Waals surface area contributed by atoms with Gasteiger partial charge in [0.15, 0.2) is 5.78 Å². The average Bonchev–Trinajstić information content (AvgIpc) is 2.61. The van der Waals surface area contributed by atoms with E-state index < -0.39 is 16.2 Å². The van der Waals surface area contributed by atoms with Gasteiger partial charge in [-0.1, -0.05) is 66.7 Å². The van der Waals surface area contributed by atoms with Gasteiger partial charge in [0, 0.05) is 10.9 Å². The van der Waals surface area contributed by atoms with Gasteiger partial charge in [0.25, 0.3) is 10.1 Å². The van der Waals surface area contributed by atoms with E-state index in [0.29, 0.717) is 10.9 Å². The number of hydrogen-bond donors (Lipinski definition) is 0. The number of ketones is 1. The van der Waals surface area contributed by atoms with Crippen molar-refractivity contribution < 1.29 is 17.4 Å². The predicted octanol–water partition coefficient (Wildman–Crippen LogP) is 3.82. The smallest absolute Gasteiger partial charge is 0.291 e. The molecule has 0 saturated heterocycles. The maximum atomic E-state index is 12.6. The monoisotopic (exact) mass is 340 g/mol. The van der Waals surface area contributed by atoms with Crippen LogP contribution in [0.1, 0.15) is 17.3 Å². The van der Waals surface area contributed by atoms with Crippen LogP contribution in [0.5, 0.6) is 0 Å². The van der Waals surface area contributed by atoms with Crippen molar-refractivity contribution in [1.29, 1.82) is 0 Å². The van der Waals surface area contributed by atoms with Gasteiger partial charge in [-0.2, -0.15) is 8.42 Å². The molecule has 1 unspecified atom stereocenters.